The fraction of sp³-hybridized carbons (Fsp3) is 0.556. The maximum atomic E-state index is 12.5. The van der Waals surface area contributed by atoms with Crippen molar-refractivity contribution in [3.63, 3.8) is 0 Å². The highest BCUT2D eigenvalue weighted by molar-refractivity contribution is 9.10. The van der Waals surface area contributed by atoms with Gasteiger partial charge in [0.1, 0.15) is 0 Å². The van der Waals surface area contributed by atoms with Crippen LogP contribution in [0, 0.1) is 6.92 Å². The summed E-state index contributed by atoms with van der Waals surface area (Å²) in [6.07, 6.45) is -2.30. The molecule has 5 heteroatoms. The maximum Gasteiger partial charge on any atom is 0.256 e. The van der Waals surface area contributed by atoms with E-state index in [1.165, 1.54) is 18.3 Å². The minimum Gasteiger partial charge on any atom is -0.320 e. The van der Waals surface area contributed by atoms with Crippen LogP contribution in [0.4, 0.5) is 8.78 Å². The molecule has 0 aliphatic rings. The van der Waals surface area contributed by atoms with E-state index in [-0.39, 0.29) is 6.42 Å². The minimum absolute atomic E-state index is 0.198. The van der Waals surface area contributed by atoms with Crippen LogP contribution in [-0.4, -0.2) is 12.0 Å². The highest BCUT2D eigenvalue weighted by Crippen LogP contribution is 2.31. The lowest BCUT2D eigenvalue weighted by atomic mass is 9.99. The Kier molecular flexibility index (Phi) is 3.66. The Morgan fingerprint density at radius 3 is 2.57 bits per heavy atom. The number of aryl methyl sites for hydroxylation is 1. The molecule has 0 aromatic carbocycles. The van der Waals surface area contributed by atoms with E-state index in [0.717, 1.165) is 14.9 Å². The zero-order valence-electron chi connectivity index (χ0n) is 7.98. The fourth-order valence-electron chi connectivity index (χ4n) is 1.03. The second-order valence-electron chi connectivity index (χ2n) is 3.64. The van der Waals surface area contributed by atoms with Crippen molar-refractivity contribution in [2.75, 3.05) is 0 Å². The first kappa shape index (κ1) is 12.1. The molecule has 1 rings (SSSR count). The predicted molar refractivity (Wildman–Crippen MR) is 59.1 cm³/mol. The molecule has 2 N–H and O–H groups in total. The number of thiophene rings is 1. The topological polar surface area (TPSA) is 26.0 Å². The lowest BCUT2D eigenvalue weighted by molar-refractivity contribution is 0.0643. The minimum atomic E-state index is -2.50. The lowest BCUT2D eigenvalue weighted by Gasteiger charge is -2.22. The van der Waals surface area contributed by atoms with Crippen LogP contribution in [0.2, 0.25) is 0 Å². The summed E-state index contributed by atoms with van der Waals surface area (Å²) in [5.74, 6) is 0. The van der Waals surface area contributed by atoms with E-state index in [0.29, 0.717) is 0 Å². The average molecular weight is 284 g/mol. The predicted octanol–water partition coefficient (Wildman–Crippen LogP) is 3.34. The Morgan fingerprint density at radius 1 is 1.64 bits per heavy atom. The van der Waals surface area contributed by atoms with Crippen LogP contribution in [0.25, 0.3) is 0 Å². The highest BCUT2D eigenvalue weighted by Gasteiger charge is 2.31. The van der Waals surface area contributed by atoms with Gasteiger partial charge in [-0.25, -0.2) is 8.78 Å². The molecule has 0 fully saturated rings. The van der Waals surface area contributed by atoms with Crippen LogP contribution in [0.3, 0.4) is 0 Å². The molecule has 0 radical (unpaired) electrons. The van der Waals surface area contributed by atoms with Gasteiger partial charge in [0.05, 0.1) is 5.54 Å². The summed E-state index contributed by atoms with van der Waals surface area (Å²) in [5, 5.41) is 1.93. The molecule has 1 aromatic heterocycles. The van der Waals surface area contributed by atoms with E-state index in [9.17, 15) is 8.78 Å². The third-order valence-corrected chi connectivity index (χ3v) is 4.48. The van der Waals surface area contributed by atoms with Gasteiger partial charge in [-0.05, 0) is 40.7 Å². The van der Waals surface area contributed by atoms with Gasteiger partial charge in [-0.15, -0.1) is 11.3 Å². The van der Waals surface area contributed by atoms with Crippen molar-refractivity contribution in [2.24, 2.45) is 5.73 Å². The molecule has 0 aliphatic heterocycles. The van der Waals surface area contributed by atoms with E-state index in [1.54, 1.807) is 0 Å². The smallest absolute Gasteiger partial charge is 0.256 e. The van der Waals surface area contributed by atoms with Gasteiger partial charge in [-0.2, -0.15) is 0 Å². The van der Waals surface area contributed by atoms with Crippen LogP contribution in [0.1, 0.15) is 17.4 Å². The van der Waals surface area contributed by atoms with Crippen molar-refractivity contribution in [3.8, 4) is 0 Å². The van der Waals surface area contributed by atoms with Crippen molar-refractivity contribution in [2.45, 2.75) is 32.2 Å². The second-order valence-corrected chi connectivity index (χ2v) is 5.40. The molecule has 1 heterocycles. The van der Waals surface area contributed by atoms with Crippen LogP contribution in [0.15, 0.2) is 9.85 Å². The van der Waals surface area contributed by atoms with E-state index in [1.807, 2.05) is 12.3 Å². The Hall–Kier alpha value is -0.0000000000000000555. The van der Waals surface area contributed by atoms with Gasteiger partial charge >= 0.3 is 0 Å². The molecule has 0 spiro atoms. The fourth-order valence-corrected chi connectivity index (χ4v) is 2.81. The van der Waals surface area contributed by atoms with Crippen LogP contribution < -0.4 is 5.73 Å². The Balaban J connectivity index is 2.84. The third-order valence-electron chi connectivity index (χ3n) is 2.01. The molecule has 80 valence electrons. The number of hydrogen-bond donors (Lipinski definition) is 1. The Labute approximate surface area is 94.4 Å². The molecule has 14 heavy (non-hydrogen) atoms. The zero-order valence-corrected chi connectivity index (χ0v) is 10.4. The van der Waals surface area contributed by atoms with Crippen molar-refractivity contribution in [1.82, 2.24) is 0 Å². The molecular formula is C9H12BrF2NS. The van der Waals surface area contributed by atoms with Gasteiger partial charge in [0.2, 0.25) is 0 Å². The SMILES string of the molecule is Cc1csc(CC(C)(N)C(F)F)c1Br. The number of rotatable bonds is 3. The summed E-state index contributed by atoms with van der Waals surface area (Å²) < 4.78 is 25.9. The Bertz CT molecular complexity index is 323. The van der Waals surface area contributed by atoms with Gasteiger partial charge in [-0.3, -0.25) is 0 Å². The second kappa shape index (κ2) is 4.24. The Morgan fingerprint density at radius 2 is 2.21 bits per heavy atom. The summed E-state index contributed by atoms with van der Waals surface area (Å²) >= 11 is 4.82. The molecule has 0 aliphatic carbocycles. The van der Waals surface area contributed by atoms with E-state index >= 15 is 0 Å². The normalized spacial score (nSPS) is 15.9. The van der Waals surface area contributed by atoms with Crippen molar-refractivity contribution in [3.05, 3.63) is 20.3 Å². The third kappa shape index (κ3) is 2.52. The molecule has 1 unspecified atom stereocenters. The highest BCUT2D eigenvalue weighted by atomic mass is 79.9. The summed E-state index contributed by atoms with van der Waals surface area (Å²) in [4.78, 5) is 0.882. The first-order chi connectivity index (χ1) is 6.34. The lowest BCUT2D eigenvalue weighted by Crippen LogP contribution is -2.45. The zero-order chi connectivity index (χ0) is 10.9. The summed E-state index contributed by atoms with van der Waals surface area (Å²) in [5.41, 5.74) is 5.13. The monoisotopic (exact) mass is 283 g/mol. The quantitative estimate of drug-likeness (QED) is 0.905. The maximum absolute atomic E-state index is 12.5. The van der Waals surface area contributed by atoms with Crippen LogP contribution in [0.5, 0.6) is 0 Å². The van der Waals surface area contributed by atoms with E-state index in [2.05, 4.69) is 15.9 Å². The number of alkyl halides is 2. The van der Waals surface area contributed by atoms with Crippen LogP contribution >= 0.6 is 27.3 Å². The van der Waals surface area contributed by atoms with Crippen molar-refractivity contribution < 1.29 is 8.78 Å². The van der Waals surface area contributed by atoms with Crippen molar-refractivity contribution in [1.29, 1.82) is 0 Å². The average Bonchev–Trinajstić information content (AvgIpc) is 2.35. The molecule has 1 aromatic rings. The van der Waals surface area contributed by atoms with Gasteiger partial charge in [0.25, 0.3) is 6.43 Å². The molecular weight excluding hydrogens is 272 g/mol. The number of halogens is 3. The molecule has 0 bridgehead atoms. The van der Waals surface area contributed by atoms with Gasteiger partial charge in [-0.1, -0.05) is 0 Å². The van der Waals surface area contributed by atoms with Crippen molar-refractivity contribution >= 4 is 27.3 Å². The molecule has 0 saturated heterocycles. The molecule has 1 nitrogen and oxygen atoms in total. The van der Waals surface area contributed by atoms with E-state index in [4.69, 9.17) is 5.73 Å². The molecule has 0 saturated carbocycles. The molecule has 1 atom stereocenters. The van der Waals surface area contributed by atoms with E-state index < -0.39 is 12.0 Å². The van der Waals surface area contributed by atoms with Gasteiger partial charge in [0.15, 0.2) is 0 Å². The molecule has 0 amide bonds. The summed E-state index contributed by atoms with van der Waals surface area (Å²) in [6.45, 7) is 3.31. The largest absolute Gasteiger partial charge is 0.320 e. The number of hydrogen-bond acceptors (Lipinski definition) is 2. The summed E-state index contributed by atoms with van der Waals surface area (Å²) in [6, 6.07) is 0. The first-order valence-corrected chi connectivity index (χ1v) is 5.81. The first-order valence-electron chi connectivity index (χ1n) is 4.14. The standard InChI is InChI=1S/C9H12BrF2NS/c1-5-4-14-6(7(5)10)3-9(2,13)8(11)12/h4,8H,3,13H2,1-2H3. The van der Waals surface area contributed by atoms with Crippen LogP contribution in [-0.2, 0) is 6.42 Å². The number of nitrogens with two attached hydrogens (primary N) is 1. The van der Waals surface area contributed by atoms with Gasteiger partial charge < -0.3 is 5.73 Å². The summed E-state index contributed by atoms with van der Waals surface area (Å²) in [7, 11) is 0. The van der Waals surface area contributed by atoms with Gasteiger partial charge in [0, 0.05) is 15.8 Å².